The Bertz CT molecular complexity index is 1450. The molecule has 0 saturated heterocycles. The Hall–Kier alpha value is -4.19. The first-order chi connectivity index (χ1) is 36.0. The molecule has 0 fully saturated rings. The molecule has 6 heteroatoms. The number of carbonyl (C=O) groups excluding carboxylic acids is 3. The zero-order valence-corrected chi connectivity index (χ0v) is 47.4. The Morgan fingerprint density at radius 2 is 0.493 bits per heavy atom. The smallest absolute Gasteiger partial charge is 0.306 e. The Balaban J connectivity index is 4.54. The first-order valence-corrected chi connectivity index (χ1v) is 30.0. The second-order valence-electron chi connectivity index (χ2n) is 19.5. The quantitative estimate of drug-likeness (QED) is 0.0261. The second-order valence-corrected chi connectivity index (χ2v) is 19.5. The Labute approximate surface area is 450 Å². The van der Waals surface area contributed by atoms with Gasteiger partial charge in [0.05, 0.1) is 0 Å². The number of hydrogen-bond acceptors (Lipinski definition) is 6. The van der Waals surface area contributed by atoms with E-state index in [2.05, 4.69) is 142 Å². The van der Waals surface area contributed by atoms with E-state index in [0.717, 1.165) is 122 Å². The lowest BCUT2D eigenvalue weighted by atomic mass is 10.1. The third-order valence-corrected chi connectivity index (χ3v) is 12.4. The van der Waals surface area contributed by atoms with E-state index in [1.807, 2.05) is 0 Å². The summed E-state index contributed by atoms with van der Waals surface area (Å²) in [6.07, 6.45) is 83.2. The molecule has 73 heavy (non-hydrogen) atoms. The minimum absolute atomic E-state index is 0.111. The zero-order valence-electron chi connectivity index (χ0n) is 47.4. The summed E-state index contributed by atoms with van der Waals surface area (Å²) in [5.74, 6) is -0.977. The summed E-state index contributed by atoms with van der Waals surface area (Å²) in [5, 5.41) is 0. The van der Waals surface area contributed by atoms with E-state index in [9.17, 15) is 14.4 Å². The van der Waals surface area contributed by atoms with Crippen molar-refractivity contribution < 1.29 is 28.6 Å². The molecule has 0 aliphatic carbocycles. The monoisotopic (exact) mass is 1010 g/mol. The molecule has 0 spiro atoms. The van der Waals surface area contributed by atoms with Gasteiger partial charge in [0, 0.05) is 19.3 Å². The molecule has 0 atom stereocenters. The third-order valence-electron chi connectivity index (χ3n) is 12.4. The third kappa shape index (κ3) is 58.6. The van der Waals surface area contributed by atoms with Crippen molar-refractivity contribution >= 4 is 17.9 Å². The van der Waals surface area contributed by atoms with E-state index >= 15 is 0 Å². The van der Waals surface area contributed by atoms with Crippen LogP contribution in [-0.4, -0.2) is 37.2 Å². The van der Waals surface area contributed by atoms with Crippen molar-refractivity contribution in [3.63, 3.8) is 0 Å². The number of rotatable bonds is 53. The summed E-state index contributed by atoms with van der Waals surface area (Å²) in [6, 6.07) is 0. The van der Waals surface area contributed by atoms with Crippen LogP contribution in [0.2, 0.25) is 0 Å². The molecule has 0 unspecified atom stereocenters. The van der Waals surface area contributed by atoms with Gasteiger partial charge >= 0.3 is 17.9 Å². The average molecular weight is 1010 g/mol. The van der Waals surface area contributed by atoms with Crippen LogP contribution in [0.15, 0.2) is 122 Å². The van der Waals surface area contributed by atoms with Crippen molar-refractivity contribution in [1.82, 2.24) is 0 Å². The SMILES string of the molecule is CCCCC/C=C\C/C=C\C/C=C\C/C=C\CCCCCC(=O)OCC(COC(=O)CCCCC/C=C\C/C=C\C/C=C\C/C=C\CCCCC)OC(=O)CCCCCCCCC/C=C\C/C=C\CCCCC. The molecule has 0 saturated carbocycles. The van der Waals surface area contributed by atoms with Crippen molar-refractivity contribution in [1.29, 1.82) is 0 Å². The van der Waals surface area contributed by atoms with E-state index in [-0.39, 0.29) is 31.1 Å². The van der Waals surface area contributed by atoms with Gasteiger partial charge in [0.25, 0.3) is 0 Å². The van der Waals surface area contributed by atoms with Crippen molar-refractivity contribution in [3.8, 4) is 0 Å². The van der Waals surface area contributed by atoms with Crippen molar-refractivity contribution in [2.24, 2.45) is 0 Å². The van der Waals surface area contributed by atoms with Crippen LogP contribution >= 0.6 is 0 Å². The molecule has 0 bridgehead atoms. The molecular weight excluding hydrogens is 901 g/mol. The van der Waals surface area contributed by atoms with E-state index in [1.165, 1.54) is 103 Å². The van der Waals surface area contributed by atoms with Gasteiger partial charge in [0.15, 0.2) is 6.10 Å². The van der Waals surface area contributed by atoms with E-state index in [1.54, 1.807) is 0 Å². The lowest BCUT2D eigenvalue weighted by molar-refractivity contribution is -0.167. The summed E-state index contributed by atoms with van der Waals surface area (Å²) in [4.78, 5) is 38.2. The predicted molar refractivity (Wildman–Crippen MR) is 316 cm³/mol. The van der Waals surface area contributed by atoms with Gasteiger partial charge < -0.3 is 14.2 Å². The maximum absolute atomic E-state index is 12.9. The van der Waals surface area contributed by atoms with Crippen molar-refractivity contribution in [3.05, 3.63) is 122 Å². The molecule has 0 aliphatic rings. The summed E-state index contributed by atoms with van der Waals surface area (Å²) in [5.41, 5.74) is 0. The molecule has 0 N–H and O–H groups in total. The zero-order chi connectivity index (χ0) is 52.9. The Morgan fingerprint density at radius 3 is 0.781 bits per heavy atom. The summed E-state index contributed by atoms with van der Waals surface area (Å²) in [7, 11) is 0. The first kappa shape index (κ1) is 68.8. The van der Waals surface area contributed by atoms with Gasteiger partial charge in [-0.25, -0.2) is 0 Å². The van der Waals surface area contributed by atoms with E-state index in [4.69, 9.17) is 14.2 Å². The highest BCUT2D eigenvalue weighted by Gasteiger charge is 2.19. The molecule has 0 aliphatic heterocycles. The van der Waals surface area contributed by atoms with Crippen LogP contribution < -0.4 is 0 Å². The number of unbranched alkanes of at least 4 members (excludes halogenated alkanes) is 22. The van der Waals surface area contributed by atoms with Gasteiger partial charge in [-0.3, -0.25) is 14.4 Å². The summed E-state index contributed by atoms with van der Waals surface area (Å²) >= 11 is 0. The topological polar surface area (TPSA) is 78.9 Å². The number of hydrogen-bond donors (Lipinski definition) is 0. The summed E-state index contributed by atoms with van der Waals surface area (Å²) in [6.45, 7) is 6.50. The van der Waals surface area contributed by atoms with E-state index < -0.39 is 6.10 Å². The van der Waals surface area contributed by atoms with Crippen LogP contribution in [0.4, 0.5) is 0 Å². The highest BCUT2D eigenvalue weighted by Crippen LogP contribution is 2.13. The number of allylic oxidation sites excluding steroid dienone is 20. The fourth-order valence-electron chi connectivity index (χ4n) is 7.85. The van der Waals surface area contributed by atoms with Crippen molar-refractivity contribution in [2.45, 2.75) is 271 Å². The largest absolute Gasteiger partial charge is 0.462 e. The molecule has 0 aromatic carbocycles. The number of esters is 3. The van der Waals surface area contributed by atoms with Gasteiger partial charge in [-0.15, -0.1) is 0 Å². The lowest BCUT2D eigenvalue weighted by Gasteiger charge is -2.18. The maximum atomic E-state index is 12.9. The van der Waals surface area contributed by atoms with Gasteiger partial charge in [0.1, 0.15) is 13.2 Å². The van der Waals surface area contributed by atoms with Gasteiger partial charge in [0.2, 0.25) is 0 Å². The van der Waals surface area contributed by atoms with Gasteiger partial charge in [-0.1, -0.05) is 226 Å². The molecule has 0 radical (unpaired) electrons. The van der Waals surface area contributed by atoms with Crippen LogP contribution in [0, 0.1) is 0 Å². The Kier molecular flexibility index (Phi) is 56.9. The summed E-state index contributed by atoms with van der Waals surface area (Å²) < 4.78 is 16.8. The fraction of sp³-hybridized carbons (Fsp3) is 0.657. The fourth-order valence-corrected chi connectivity index (χ4v) is 7.85. The molecule has 0 heterocycles. The van der Waals surface area contributed by atoms with Crippen LogP contribution in [0.5, 0.6) is 0 Å². The van der Waals surface area contributed by atoms with E-state index in [0.29, 0.717) is 19.3 Å². The standard InChI is InChI=1S/C67H110O6/c1-4-7-10-13-16-19-22-25-28-31-33-36-38-41-44-47-50-53-56-59-65(68)71-62-64(73-67(70)61-58-55-52-49-46-43-40-35-30-27-24-21-18-15-12-9-6-3)63-72-66(69)60-57-54-51-48-45-42-39-37-34-32-29-26-23-20-17-14-11-8-5-2/h16-21,25-30,33-34,36-37,41-42,44-45,64H,4-15,22-24,31-32,35,38-40,43,46-63H2,1-3H3/b19-16-,20-17-,21-18-,28-25-,29-26-,30-27-,36-33-,37-34-,44-41-,45-42-. The molecule has 414 valence electrons. The molecule has 0 aromatic heterocycles. The first-order valence-electron chi connectivity index (χ1n) is 30.0. The molecule has 0 rings (SSSR count). The second kappa shape index (κ2) is 60.4. The average Bonchev–Trinajstić information content (AvgIpc) is 3.39. The normalized spacial score (nSPS) is 12.6. The minimum atomic E-state index is -0.814. The molecule has 0 aromatic rings. The minimum Gasteiger partial charge on any atom is -0.462 e. The highest BCUT2D eigenvalue weighted by atomic mass is 16.6. The highest BCUT2D eigenvalue weighted by molar-refractivity contribution is 5.71. The maximum Gasteiger partial charge on any atom is 0.306 e. The van der Waals surface area contributed by atoms with Gasteiger partial charge in [-0.2, -0.15) is 0 Å². The molecule has 6 nitrogen and oxygen atoms in total. The molecule has 0 amide bonds. The number of carbonyl (C=O) groups is 3. The van der Waals surface area contributed by atoms with Crippen LogP contribution in [-0.2, 0) is 28.6 Å². The molecular formula is C67H110O6. The Morgan fingerprint density at radius 1 is 0.274 bits per heavy atom. The number of ether oxygens (including phenoxy) is 3. The van der Waals surface area contributed by atoms with Crippen LogP contribution in [0.3, 0.4) is 0 Å². The van der Waals surface area contributed by atoms with Gasteiger partial charge in [-0.05, 0) is 141 Å². The predicted octanol–water partition coefficient (Wildman–Crippen LogP) is 20.4. The van der Waals surface area contributed by atoms with Crippen molar-refractivity contribution in [2.75, 3.05) is 13.2 Å². The van der Waals surface area contributed by atoms with Crippen LogP contribution in [0.1, 0.15) is 265 Å². The lowest BCUT2D eigenvalue weighted by Crippen LogP contribution is -2.30. The van der Waals surface area contributed by atoms with Crippen LogP contribution in [0.25, 0.3) is 0 Å².